The first kappa shape index (κ1) is 18.6. The van der Waals surface area contributed by atoms with Crippen LogP contribution >= 0.6 is 0 Å². The maximum absolute atomic E-state index is 10.0. The number of allylic oxidation sites excluding steroid dienone is 1. The predicted octanol–water partition coefficient (Wildman–Crippen LogP) is 6.31. The molecule has 0 saturated carbocycles. The zero-order valence-corrected chi connectivity index (χ0v) is 16.8. The number of aromatic hydroxyl groups is 1. The van der Waals surface area contributed by atoms with Crippen LogP contribution in [-0.2, 0) is 10.8 Å². The van der Waals surface area contributed by atoms with Crippen molar-refractivity contribution in [3.63, 3.8) is 0 Å². The summed E-state index contributed by atoms with van der Waals surface area (Å²) in [4.78, 5) is 0. The number of fused-ring (bicyclic) bond motifs is 1. The Balaban J connectivity index is 2.01. The summed E-state index contributed by atoms with van der Waals surface area (Å²) < 4.78 is 5.12. The van der Waals surface area contributed by atoms with E-state index in [4.69, 9.17) is 4.74 Å². The van der Waals surface area contributed by atoms with Gasteiger partial charge < -0.3 is 9.84 Å². The zero-order chi connectivity index (χ0) is 19.1. The third-order valence-electron chi connectivity index (χ3n) is 5.89. The molecule has 2 aromatic carbocycles. The number of hydrogen-bond acceptors (Lipinski definition) is 2. The van der Waals surface area contributed by atoms with Gasteiger partial charge in [0.05, 0.1) is 7.11 Å². The Morgan fingerprint density at radius 1 is 0.962 bits per heavy atom. The molecule has 0 saturated heterocycles. The van der Waals surface area contributed by atoms with Gasteiger partial charge in [0.2, 0.25) is 0 Å². The first-order chi connectivity index (χ1) is 12.1. The van der Waals surface area contributed by atoms with Crippen molar-refractivity contribution < 1.29 is 9.84 Å². The van der Waals surface area contributed by atoms with Crippen LogP contribution < -0.4 is 4.74 Å². The van der Waals surface area contributed by atoms with Crippen molar-refractivity contribution in [2.45, 2.75) is 58.3 Å². The lowest BCUT2D eigenvalue weighted by atomic mass is 9.63. The third kappa shape index (κ3) is 3.38. The Morgan fingerprint density at radius 3 is 2.23 bits per heavy atom. The summed E-state index contributed by atoms with van der Waals surface area (Å²) in [7, 11) is 1.56. The number of ether oxygens (including phenoxy) is 1. The molecule has 0 unspecified atom stereocenters. The number of phenolic OH excluding ortho intramolecular Hbond substituents is 1. The van der Waals surface area contributed by atoms with Crippen molar-refractivity contribution in [2.24, 2.45) is 0 Å². The van der Waals surface area contributed by atoms with Gasteiger partial charge in [-0.1, -0.05) is 58.0 Å². The van der Waals surface area contributed by atoms with Crippen LogP contribution in [0.2, 0.25) is 0 Å². The molecule has 2 aromatic rings. The fraction of sp³-hybridized carbons (Fsp3) is 0.417. The first-order valence-electron chi connectivity index (χ1n) is 9.35. The van der Waals surface area contributed by atoms with Gasteiger partial charge in [0, 0.05) is 0 Å². The van der Waals surface area contributed by atoms with E-state index in [9.17, 15) is 5.11 Å². The summed E-state index contributed by atoms with van der Waals surface area (Å²) in [5.41, 5.74) is 6.80. The Morgan fingerprint density at radius 2 is 1.62 bits per heavy atom. The van der Waals surface area contributed by atoms with E-state index in [1.54, 1.807) is 19.2 Å². The molecular formula is C24H30O2. The topological polar surface area (TPSA) is 29.5 Å². The lowest BCUT2D eigenvalue weighted by molar-refractivity contribution is 0.332. The van der Waals surface area contributed by atoms with Gasteiger partial charge in [-0.25, -0.2) is 0 Å². The number of phenols is 1. The number of hydrogen-bond donors (Lipinski definition) is 1. The predicted molar refractivity (Wildman–Crippen MR) is 110 cm³/mol. The summed E-state index contributed by atoms with van der Waals surface area (Å²) in [6, 6.07) is 12.4. The van der Waals surface area contributed by atoms with Crippen LogP contribution in [0.3, 0.4) is 0 Å². The lowest BCUT2D eigenvalue weighted by Gasteiger charge is -2.42. The molecule has 138 valence electrons. The quantitative estimate of drug-likeness (QED) is 0.657. The van der Waals surface area contributed by atoms with Crippen molar-refractivity contribution >= 4 is 11.6 Å². The molecule has 26 heavy (non-hydrogen) atoms. The van der Waals surface area contributed by atoms with Gasteiger partial charge in [-0.15, -0.1) is 0 Å². The van der Waals surface area contributed by atoms with Crippen LogP contribution in [0.25, 0.3) is 11.6 Å². The summed E-state index contributed by atoms with van der Waals surface area (Å²) in [6.07, 6.45) is 4.56. The van der Waals surface area contributed by atoms with Crippen LogP contribution in [0.5, 0.6) is 11.5 Å². The second kappa shape index (κ2) is 6.50. The highest BCUT2D eigenvalue weighted by Crippen LogP contribution is 2.46. The average molecular weight is 351 g/mol. The van der Waals surface area contributed by atoms with Crippen LogP contribution in [0, 0.1) is 0 Å². The molecule has 0 heterocycles. The highest BCUT2D eigenvalue weighted by Gasteiger charge is 2.36. The molecular weight excluding hydrogens is 320 g/mol. The van der Waals surface area contributed by atoms with Gasteiger partial charge in [0.1, 0.15) is 0 Å². The summed E-state index contributed by atoms with van der Waals surface area (Å²) in [5.74, 6) is 0.667. The molecule has 0 spiro atoms. The Bertz CT molecular complexity index is 857. The highest BCUT2D eigenvalue weighted by atomic mass is 16.5. The zero-order valence-electron chi connectivity index (χ0n) is 16.8. The summed E-state index contributed by atoms with van der Waals surface area (Å²) >= 11 is 0. The average Bonchev–Trinajstić information content (AvgIpc) is 2.59. The summed E-state index contributed by atoms with van der Waals surface area (Å²) in [5, 5.41) is 10.0. The minimum atomic E-state index is 0.169. The third-order valence-corrected chi connectivity index (χ3v) is 5.89. The van der Waals surface area contributed by atoms with Crippen molar-refractivity contribution in [3.8, 4) is 11.5 Å². The van der Waals surface area contributed by atoms with E-state index in [1.807, 2.05) is 6.07 Å². The van der Waals surface area contributed by atoms with E-state index in [0.717, 1.165) is 5.56 Å². The molecule has 0 bridgehead atoms. The number of rotatable bonds is 3. The molecule has 3 rings (SSSR count). The molecule has 0 aliphatic heterocycles. The van der Waals surface area contributed by atoms with E-state index in [-0.39, 0.29) is 16.6 Å². The van der Waals surface area contributed by atoms with E-state index < -0.39 is 0 Å². The monoisotopic (exact) mass is 350 g/mol. The minimum Gasteiger partial charge on any atom is -0.504 e. The second-order valence-electron chi connectivity index (χ2n) is 8.79. The van der Waals surface area contributed by atoms with Gasteiger partial charge in [0.15, 0.2) is 11.5 Å². The van der Waals surface area contributed by atoms with E-state index in [1.165, 1.54) is 35.1 Å². The molecule has 0 radical (unpaired) electrons. The maximum Gasteiger partial charge on any atom is 0.160 e. The molecule has 2 heteroatoms. The highest BCUT2D eigenvalue weighted by molar-refractivity contribution is 5.81. The first-order valence-corrected chi connectivity index (χ1v) is 9.35. The fourth-order valence-corrected chi connectivity index (χ4v) is 3.96. The fourth-order valence-electron chi connectivity index (χ4n) is 3.96. The Hall–Kier alpha value is -2.22. The van der Waals surface area contributed by atoms with E-state index in [2.05, 4.69) is 58.9 Å². The Kier molecular flexibility index (Phi) is 4.64. The smallest absolute Gasteiger partial charge is 0.160 e. The van der Waals surface area contributed by atoms with Gasteiger partial charge in [-0.05, 0) is 70.6 Å². The van der Waals surface area contributed by atoms with E-state index in [0.29, 0.717) is 5.75 Å². The second-order valence-corrected chi connectivity index (χ2v) is 8.79. The number of benzene rings is 2. The van der Waals surface area contributed by atoms with Crippen LogP contribution in [0.4, 0.5) is 0 Å². The SMILES string of the molecule is COc1ccc(/C=C(\C)c2ccc3c(c2)C(C)(C)CCC3(C)C)cc1O. The van der Waals surface area contributed by atoms with Crippen LogP contribution in [0.1, 0.15) is 69.7 Å². The van der Waals surface area contributed by atoms with Gasteiger partial charge >= 0.3 is 0 Å². The molecule has 2 nitrogen and oxygen atoms in total. The molecule has 1 aliphatic carbocycles. The molecule has 0 atom stereocenters. The minimum absolute atomic E-state index is 0.169. The Labute approximate surface area is 157 Å². The molecule has 0 amide bonds. The largest absolute Gasteiger partial charge is 0.504 e. The van der Waals surface area contributed by atoms with Crippen molar-refractivity contribution in [3.05, 3.63) is 58.7 Å². The van der Waals surface area contributed by atoms with E-state index >= 15 is 0 Å². The van der Waals surface area contributed by atoms with Crippen LogP contribution in [0.15, 0.2) is 36.4 Å². The molecule has 0 aromatic heterocycles. The molecule has 1 aliphatic rings. The van der Waals surface area contributed by atoms with Gasteiger partial charge in [-0.3, -0.25) is 0 Å². The van der Waals surface area contributed by atoms with Crippen molar-refractivity contribution in [1.82, 2.24) is 0 Å². The lowest BCUT2D eigenvalue weighted by Crippen LogP contribution is -2.33. The standard InChI is InChI=1S/C24H30O2/c1-16(13-17-7-10-22(26-6)21(25)14-17)18-8-9-19-20(15-18)24(4,5)12-11-23(19,2)3/h7-10,13-15,25H,11-12H2,1-6H3/b16-13+. The van der Waals surface area contributed by atoms with Gasteiger partial charge in [-0.2, -0.15) is 0 Å². The van der Waals surface area contributed by atoms with Crippen LogP contribution in [-0.4, -0.2) is 12.2 Å². The normalized spacial score (nSPS) is 18.3. The maximum atomic E-state index is 10.0. The van der Waals surface area contributed by atoms with Crippen molar-refractivity contribution in [1.29, 1.82) is 0 Å². The van der Waals surface area contributed by atoms with Crippen molar-refractivity contribution in [2.75, 3.05) is 7.11 Å². The van der Waals surface area contributed by atoms with Gasteiger partial charge in [0.25, 0.3) is 0 Å². The molecule has 1 N–H and O–H groups in total. The molecule has 0 fully saturated rings. The number of methoxy groups -OCH3 is 1. The summed E-state index contributed by atoms with van der Waals surface area (Å²) in [6.45, 7) is 11.5.